The molecule has 13 heavy (non-hydrogen) atoms. The van der Waals surface area contributed by atoms with Crippen LogP contribution in [-0.4, -0.2) is 23.1 Å². The maximum Gasteiger partial charge on any atom is 0.183 e. The van der Waals surface area contributed by atoms with Gasteiger partial charge in [-0.15, -0.1) is 0 Å². The van der Waals surface area contributed by atoms with Gasteiger partial charge in [-0.1, -0.05) is 6.92 Å². The maximum absolute atomic E-state index is 13.0. The van der Waals surface area contributed by atoms with E-state index in [1.54, 1.807) is 0 Å². The van der Waals surface area contributed by atoms with Gasteiger partial charge in [0.15, 0.2) is 11.6 Å². The first kappa shape index (κ1) is 9.85. The smallest absolute Gasteiger partial charge is 0.183 e. The van der Waals surface area contributed by atoms with E-state index in [4.69, 9.17) is 5.73 Å². The monoisotopic (exact) mass is 184 g/mol. The van der Waals surface area contributed by atoms with Crippen molar-refractivity contribution in [2.75, 3.05) is 18.4 Å². The lowest BCUT2D eigenvalue weighted by molar-refractivity contribution is 0.612. The van der Waals surface area contributed by atoms with Crippen molar-refractivity contribution in [3.8, 4) is 0 Å². The highest BCUT2D eigenvalue weighted by atomic mass is 19.1. The van der Waals surface area contributed by atoms with Crippen molar-refractivity contribution in [3.05, 3.63) is 17.8 Å². The van der Waals surface area contributed by atoms with E-state index < -0.39 is 5.82 Å². The normalized spacial score (nSPS) is 10.1. The Morgan fingerprint density at radius 2 is 2.38 bits per heavy atom. The number of anilines is 1. The van der Waals surface area contributed by atoms with Gasteiger partial charge in [0.05, 0.1) is 6.20 Å². The van der Waals surface area contributed by atoms with Gasteiger partial charge in [0.1, 0.15) is 5.82 Å². The molecular weight excluding hydrogens is 171 g/mol. The van der Waals surface area contributed by atoms with Crippen molar-refractivity contribution < 1.29 is 4.39 Å². The third-order valence-electron chi connectivity index (χ3n) is 1.55. The lowest BCUT2D eigenvalue weighted by Gasteiger charge is -2.05. The summed E-state index contributed by atoms with van der Waals surface area (Å²) in [7, 11) is 0. The largest absolute Gasteiger partial charge is 0.366 e. The Labute approximate surface area is 76.4 Å². The number of nitrogens with two attached hydrogens (primary N) is 1. The number of aryl methyl sites for hydroxylation is 1. The summed E-state index contributed by atoms with van der Waals surface area (Å²) in [6, 6.07) is 0. The molecule has 72 valence electrons. The fraction of sp³-hybridized carbons (Fsp3) is 0.500. The minimum absolute atomic E-state index is 0.234. The van der Waals surface area contributed by atoms with E-state index >= 15 is 0 Å². The van der Waals surface area contributed by atoms with Gasteiger partial charge in [0, 0.05) is 19.5 Å². The molecule has 0 radical (unpaired) electrons. The molecule has 5 heteroatoms. The number of hydrogen-bond acceptors (Lipinski definition) is 4. The Morgan fingerprint density at radius 3 is 3.00 bits per heavy atom. The highest BCUT2D eigenvalue weighted by molar-refractivity contribution is 5.34. The molecular formula is C8H13FN4. The molecule has 0 unspecified atom stereocenters. The zero-order valence-corrected chi connectivity index (χ0v) is 7.55. The third kappa shape index (κ3) is 2.62. The van der Waals surface area contributed by atoms with Gasteiger partial charge in [-0.3, -0.25) is 0 Å². The van der Waals surface area contributed by atoms with Crippen LogP contribution in [0.15, 0.2) is 6.20 Å². The number of hydrogen-bond donors (Lipinski definition) is 2. The SMILES string of the molecule is CCc1ncc(F)c(NCCN)n1. The summed E-state index contributed by atoms with van der Waals surface area (Å²) in [6.07, 6.45) is 1.86. The molecule has 3 N–H and O–H groups in total. The van der Waals surface area contributed by atoms with Crippen molar-refractivity contribution in [3.63, 3.8) is 0 Å². The maximum atomic E-state index is 13.0. The summed E-state index contributed by atoms with van der Waals surface area (Å²) in [4.78, 5) is 7.78. The number of nitrogens with one attached hydrogen (secondary N) is 1. The average Bonchev–Trinajstić information content (AvgIpc) is 2.17. The molecule has 0 aromatic carbocycles. The second-order valence-electron chi connectivity index (χ2n) is 2.55. The highest BCUT2D eigenvalue weighted by Gasteiger charge is 2.04. The number of aromatic nitrogens is 2. The standard InChI is InChI=1S/C8H13FN4/c1-2-7-12-5-6(9)8(13-7)11-4-3-10/h5H,2-4,10H2,1H3,(H,11,12,13). The molecule has 4 nitrogen and oxygen atoms in total. The molecule has 1 heterocycles. The van der Waals surface area contributed by atoms with E-state index in [1.807, 2.05) is 6.92 Å². The summed E-state index contributed by atoms with van der Waals surface area (Å²) in [6.45, 7) is 2.88. The predicted octanol–water partition coefficient (Wildman–Crippen LogP) is 0.549. The second-order valence-corrected chi connectivity index (χ2v) is 2.55. The summed E-state index contributed by atoms with van der Waals surface area (Å²) in [5.41, 5.74) is 5.27. The molecule has 0 aliphatic heterocycles. The molecule has 0 bridgehead atoms. The lowest BCUT2D eigenvalue weighted by atomic mass is 10.4. The zero-order chi connectivity index (χ0) is 9.68. The van der Waals surface area contributed by atoms with Gasteiger partial charge in [0.25, 0.3) is 0 Å². The van der Waals surface area contributed by atoms with Crippen LogP contribution in [0.4, 0.5) is 10.2 Å². The van der Waals surface area contributed by atoms with Gasteiger partial charge in [-0.25, -0.2) is 14.4 Å². The molecule has 1 aromatic rings. The summed E-state index contributed by atoms with van der Waals surface area (Å²) >= 11 is 0. The Hall–Kier alpha value is -1.23. The number of nitrogens with zero attached hydrogens (tertiary/aromatic N) is 2. The van der Waals surface area contributed by atoms with Crippen molar-refractivity contribution in [2.24, 2.45) is 5.73 Å². The van der Waals surface area contributed by atoms with Gasteiger partial charge >= 0.3 is 0 Å². The fourth-order valence-electron chi connectivity index (χ4n) is 0.889. The van der Waals surface area contributed by atoms with Crippen LogP contribution >= 0.6 is 0 Å². The molecule has 0 fully saturated rings. The quantitative estimate of drug-likeness (QED) is 0.717. The second kappa shape index (κ2) is 4.71. The zero-order valence-electron chi connectivity index (χ0n) is 7.55. The molecule has 1 aromatic heterocycles. The summed E-state index contributed by atoms with van der Waals surface area (Å²) in [5, 5.41) is 2.79. The van der Waals surface area contributed by atoms with Crippen LogP contribution in [-0.2, 0) is 6.42 Å². The Balaban J connectivity index is 2.78. The molecule has 0 amide bonds. The van der Waals surface area contributed by atoms with Crippen molar-refractivity contribution >= 4 is 5.82 Å². The number of rotatable bonds is 4. The van der Waals surface area contributed by atoms with Crippen LogP contribution in [0.2, 0.25) is 0 Å². The summed E-state index contributed by atoms with van der Waals surface area (Å²) in [5.74, 6) is 0.420. The van der Waals surface area contributed by atoms with Crippen LogP contribution in [0, 0.1) is 5.82 Å². The van der Waals surface area contributed by atoms with E-state index in [0.717, 1.165) is 0 Å². The van der Waals surface area contributed by atoms with Crippen LogP contribution in [0.5, 0.6) is 0 Å². The molecule has 0 aliphatic carbocycles. The molecule has 0 saturated heterocycles. The molecule has 0 atom stereocenters. The molecule has 0 saturated carbocycles. The minimum Gasteiger partial charge on any atom is -0.366 e. The third-order valence-corrected chi connectivity index (χ3v) is 1.55. The van der Waals surface area contributed by atoms with Gasteiger partial charge in [-0.05, 0) is 0 Å². The van der Waals surface area contributed by atoms with E-state index in [9.17, 15) is 4.39 Å². The van der Waals surface area contributed by atoms with Gasteiger partial charge in [0.2, 0.25) is 0 Å². The van der Waals surface area contributed by atoms with E-state index in [2.05, 4.69) is 15.3 Å². The molecule has 0 aliphatic rings. The first-order valence-electron chi connectivity index (χ1n) is 4.23. The minimum atomic E-state index is -0.439. The Bertz CT molecular complexity index is 277. The van der Waals surface area contributed by atoms with Crippen LogP contribution in [0.3, 0.4) is 0 Å². The van der Waals surface area contributed by atoms with E-state index in [1.165, 1.54) is 6.20 Å². The Morgan fingerprint density at radius 1 is 1.62 bits per heavy atom. The van der Waals surface area contributed by atoms with E-state index in [-0.39, 0.29) is 5.82 Å². The average molecular weight is 184 g/mol. The van der Waals surface area contributed by atoms with Gasteiger partial charge in [-0.2, -0.15) is 0 Å². The fourth-order valence-corrected chi connectivity index (χ4v) is 0.889. The van der Waals surface area contributed by atoms with E-state index in [0.29, 0.717) is 25.3 Å². The summed E-state index contributed by atoms with van der Waals surface area (Å²) < 4.78 is 13.0. The van der Waals surface area contributed by atoms with Gasteiger partial charge < -0.3 is 11.1 Å². The van der Waals surface area contributed by atoms with Crippen molar-refractivity contribution in [1.82, 2.24) is 9.97 Å². The number of halogens is 1. The van der Waals surface area contributed by atoms with Crippen LogP contribution in [0.25, 0.3) is 0 Å². The molecule has 0 spiro atoms. The van der Waals surface area contributed by atoms with Crippen molar-refractivity contribution in [2.45, 2.75) is 13.3 Å². The first-order valence-corrected chi connectivity index (χ1v) is 4.23. The predicted molar refractivity (Wildman–Crippen MR) is 48.9 cm³/mol. The molecule has 1 rings (SSSR count). The highest BCUT2D eigenvalue weighted by Crippen LogP contribution is 2.08. The lowest BCUT2D eigenvalue weighted by Crippen LogP contribution is -2.15. The van der Waals surface area contributed by atoms with Crippen LogP contribution < -0.4 is 11.1 Å². The Kier molecular flexibility index (Phi) is 3.57. The van der Waals surface area contributed by atoms with Crippen LogP contribution in [0.1, 0.15) is 12.7 Å². The topological polar surface area (TPSA) is 63.8 Å². The first-order chi connectivity index (χ1) is 6.27. The van der Waals surface area contributed by atoms with Crippen molar-refractivity contribution in [1.29, 1.82) is 0 Å².